The van der Waals surface area contributed by atoms with E-state index in [4.69, 9.17) is 4.84 Å². The molecule has 0 spiro atoms. The predicted octanol–water partition coefficient (Wildman–Crippen LogP) is 5.67. The van der Waals surface area contributed by atoms with Gasteiger partial charge in [0.2, 0.25) is 0 Å². The Morgan fingerprint density at radius 2 is 1.59 bits per heavy atom. The molecule has 0 atom stereocenters. The number of piperidine rings is 1. The molecule has 1 aliphatic carbocycles. The van der Waals surface area contributed by atoms with Crippen molar-refractivity contribution in [3.8, 4) is 0 Å². The molecule has 0 radical (unpaired) electrons. The van der Waals surface area contributed by atoms with Gasteiger partial charge in [-0.25, -0.2) is 13.9 Å². The summed E-state index contributed by atoms with van der Waals surface area (Å²) in [5, 5.41) is 7.09. The van der Waals surface area contributed by atoms with Crippen LogP contribution in [0.3, 0.4) is 0 Å². The minimum atomic E-state index is -3.89. The Morgan fingerprint density at radius 3 is 2.26 bits per heavy atom. The van der Waals surface area contributed by atoms with E-state index in [-0.39, 0.29) is 22.0 Å². The van der Waals surface area contributed by atoms with Crippen LogP contribution >= 0.6 is 11.8 Å². The Hall–Kier alpha value is -3.42. The van der Waals surface area contributed by atoms with Crippen LogP contribution < -0.4 is 31.7 Å². The van der Waals surface area contributed by atoms with Crippen LogP contribution in [0.1, 0.15) is 79.6 Å². The van der Waals surface area contributed by atoms with Gasteiger partial charge in [0, 0.05) is 33.8 Å². The highest BCUT2D eigenvalue weighted by molar-refractivity contribution is 8.00. The number of hydrazine groups is 1. The molecule has 2 amide bonds. The molecular weight excluding hydrogens is 625 g/mol. The molecule has 1 aliphatic heterocycles. The molecule has 0 unspecified atom stereocenters. The molecule has 2 aromatic rings. The van der Waals surface area contributed by atoms with Gasteiger partial charge in [-0.3, -0.25) is 25.2 Å². The smallest absolute Gasteiger partial charge is 0.327 e. The minimum Gasteiger partial charge on any atom is -0.390 e. The first-order valence-corrected chi connectivity index (χ1v) is 18.3. The molecule has 46 heavy (non-hydrogen) atoms. The van der Waals surface area contributed by atoms with Crippen LogP contribution in [0, 0.1) is 0 Å². The molecule has 0 bridgehead atoms. The number of thioether (sulfide) groups is 1. The van der Waals surface area contributed by atoms with Crippen LogP contribution in [0.15, 0.2) is 65.3 Å². The molecule has 4 rings (SSSR count). The first-order chi connectivity index (χ1) is 21.7. The van der Waals surface area contributed by atoms with Crippen LogP contribution in [0.25, 0.3) is 0 Å². The SMILES string of the molecule is CC(=CONc1cccc(S(=O)(=O)Nc2ccc(NNC(=O)C(=O)NC3CC(C)(C)NC(C)(C)C3)cc2)c1)CSC1CCCCC1. The van der Waals surface area contributed by atoms with Crippen molar-refractivity contribution in [2.75, 3.05) is 21.4 Å². The summed E-state index contributed by atoms with van der Waals surface area (Å²) < 4.78 is 28.7. The van der Waals surface area contributed by atoms with Gasteiger partial charge in [-0.1, -0.05) is 25.3 Å². The number of carbonyl (C=O) groups excluding carboxylic acids is 2. The third-order valence-electron chi connectivity index (χ3n) is 7.87. The average Bonchev–Trinajstić information content (AvgIpc) is 2.98. The van der Waals surface area contributed by atoms with Gasteiger partial charge in [0.15, 0.2) is 0 Å². The largest absolute Gasteiger partial charge is 0.390 e. The summed E-state index contributed by atoms with van der Waals surface area (Å²) in [6, 6.07) is 12.5. The zero-order valence-corrected chi connectivity index (χ0v) is 29.0. The fourth-order valence-electron chi connectivity index (χ4n) is 6.14. The molecule has 13 heteroatoms. The lowest BCUT2D eigenvalue weighted by molar-refractivity contribution is -0.139. The van der Waals surface area contributed by atoms with E-state index in [2.05, 4.69) is 59.4 Å². The Morgan fingerprint density at radius 1 is 0.935 bits per heavy atom. The first-order valence-electron chi connectivity index (χ1n) is 15.8. The second-order valence-electron chi connectivity index (χ2n) is 13.5. The van der Waals surface area contributed by atoms with Crippen molar-refractivity contribution in [2.24, 2.45) is 0 Å². The Kier molecular flexibility index (Phi) is 11.9. The topological polar surface area (TPSA) is 150 Å². The van der Waals surface area contributed by atoms with Crippen LogP contribution in [0.5, 0.6) is 0 Å². The molecule has 6 N–H and O–H groups in total. The second kappa shape index (κ2) is 15.4. The van der Waals surface area contributed by atoms with Gasteiger partial charge < -0.3 is 15.5 Å². The van der Waals surface area contributed by atoms with Gasteiger partial charge in [-0.2, -0.15) is 11.8 Å². The molecular formula is C33H48N6O5S2. The number of hydrogen-bond acceptors (Lipinski definition) is 9. The summed E-state index contributed by atoms with van der Waals surface area (Å²) in [6.07, 6.45) is 9.59. The molecule has 1 saturated heterocycles. The van der Waals surface area contributed by atoms with E-state index in [1.807, 2.05) is 18.7 Å². The van der Waals surface area contributed by atoms with E-state index in [0.717, 1.165) is 16.6 Å². The van der Waals surface area contributed by atoms with Crippen LogP contribution in [0.2, 0.25) is 0 Å². The lowest BCUT2D eigenvalue weighted by Gasteiger charge is -2.46. The monoisotopic (exact) mass is 672 g/mol. The third kappa shape index (κ3) is 11.1. The predicted molar refractivity (Wildman–Crippen MR) is 186 cm³/mol. The van der Waals surface area contributed by atoms with E-state index in [1.165, 1.54) is 44.2 Å². The molecule has 1 heterocycles. The summed E-state index contributed by atoms with van der Waals surface area (Å²) in [5.74, 6) is -0.645. The standard InChI is InChI=1S/C33H48N6O5S2/c1-23(22-45-28-11-7-6-8-12-28)21-44-37-26-10-9-13-29(18-26)46(42,43)38-25-16-14-24(15-17-25)35-36-31(41)30(40)34-27-19-32(2,3)39-33(4,5)20-27/h9-10,13-18,21,27-28,35,37-39H,6-8,11-12,19-20,22H2,1-5H3,(H,34,40)(H,36,41). The van der Waals surface area contributed by atoms with Crippen LogP contribution in [-0.2, 0) is 24.4 Å². The third-order valence-corrected chi connectivity index (χ3v) is 10.8. The van der Waals surface area contributed by atoms with Gasteiger partial charge in [0.25, 0.3) is 10.0 Å². The van der Waals surface area contributed by atoms with Crippen molar-refractivity contribution >= 4 is 50.7 Å². The van der Waals surface area contributed by atoms with Crippen LogP contribution in [-0.4, -0.2) is 48.4 Å². The zero-order chi connectivity index (χ0) is 33.4. The number of rotatable bonds is 12. The number of benzene rings is 2. The maximum Gasteiger partial charge on any atom is 0.327 e. The van der Waals surface area contributed by atoms with E-state index in [0.29, 0.717) is 29.9 Å². The Balaban J connectivity index is 1.23. The van der Waals surface area contributed by atoms with Crippen molar-refractivity contribution in [1.82, 2.24) is 16.1 Å². The second-order valence-corrected chi connectivity index (χ2v) is 16.5. The summed E-state index contributed by atoms with van der Waals surface area (Å²) in [6.45, 7) is 10.3. The van der Waals surface area contributed by atoms with Gasteiger partial charge in [0.1, 0.15) is 6.26 Å². The van der Waals surface area contributed by atoms with Crippen molar-refractivity contribution < 1.29 is 22.8 Å². The molecule has 2 fully saturated rings. The normalized spacial score (nSPS) is 18.7. The van der Waals surface area contributed by atoms with Crippen molar-refractivity contribution in [2.45, 2.75) is 107 Å². The Labute approximate surface area is 277 Å². The number of sulfonamides is 1. The molecule has 2 aliphatic rings. The van der Waals surface area contributed by atoms with E-state index < -0.39 is 21.8 Å². The summed E-state index contributed by atoms with van der Waals surface area (Å²) >= 11 is 1.97. The fourth-order valence-corrected chi connectivity index (χ4v) is 8.47. The summed E-state index contributed by atoms with van der Waals surface area (Å²) in [5.41, 5.74) is 9.95. The van der Waals surface area contributed by atoms with Gasteiger partial charge in [-0.05, 0) is 108 Å². The summed E-state index contributed by atoms with van der Waals surface area (Å²) in [4.78, 5) is 30.5. The number of hydrogen-bond donors (Lipinski definition) is 6. The number of amides is 2. The fraction of sp³-hybridized carbons (Fsp3) is 0.515. The van der Waals surface area contributed by atoms with E-state index in [1.54, 1.807) is 42.7 Å². The maximum absolute atomic E-state index is 13.1. The number of nitrogens with one attached hydrogen (secondary N) is 6. The number of anilines is 3. The molecule has 11 nitrogen and oxygen atoms in total. The highest BCUT2D eigenvalue weighted by Gasteiger charge is 2.38. The van der Waals surface area contributed by atoms with Crippen molar-refractivity contribution in [1.29, 1.82) is 0 Å². The molecule has 2 aromatic carbocycles. The number of carbonyl (C=O) groups is 2. The minimum absolute atomic E-state index is 0.0654. The zero-order valence-electron chi connectivity index (χ0n) is 27.4. The Bertz CT molecular complexity index is 1470. The molecule has 252 valence electrons. The lowest BCUT2D eigenvalue weighted by atomic mass is 9.79. The molecule has 0 aromatic heterocycles. The average molecular weight is 673 g/mol. The lowest BCUT2D eigenvalue weighted by Crippen LogP contribution is -2.63. The van der Waals surface area contributed by atoms with E-state index in [9.17, 15) is 18.0 Å². The van der Waals surface area contributed by atoms with Crippen molar-refractivity contribution in [3.05, 3.63) is 60.4 Å². The van der Waals surface area contributed by atoms with Gasteiger partial charge in [-0.15, -0.1) is 0 Å². The van der Waals surface area contributed by atoms with E-state index >= 15 is 0 Å². The highest BCUT2D eigenvalue weighted by atomic mass is 32.2. The quantitative estimate of drug-likeness (QED) is 0.0953. The van der Waals surface area contributed by atoms with Crippen LogP contribution in [0.4, 0.5) is 17.1 Å². The van der Waals surface area contributed by atoms with Crippen molar-refractivity contribution in [3.63, 3.8) is 0 Å². The first kappa shape index (κ1) is 35.4. The summed E-state index contributed by atoms with van der Waals surface area (Å²) in [7, 11) is -3.89. The molecule has 1 saturated carbocycles. The van der Waals surface area contributed by atoms with Gasteiger partial charge >= 0.3 is 11.8 Å². The maximum atomic E-state index is 13.1. The highest BCUT2D eigenvalue weighted by Crippen LogP contribution is 2.30. The van der Waals surface area contributed by atoms with Gasteiger partial charge in [0.05, 0.1) is 16.3 Å².